The van der Waals surface area contributed by atoms with Gasteiger partial charge in [0.1, 0.15) is 5.58 Å². The normalized spacial score (nSPS) is 19.6. The molecular formula is C17H16N2O6. The van der Waals surface area contributed by atoms with E-state index in [4.69, 9.17) is 13.9 Å². The quantitative estimate of drug-likeness (QED) is 0.608. The number of rotatable bonds is 3. The lowest BCUT2D eigenvalue weighted by atomic mass is 9.94. The SMILES string of the molecule is COC(=O)[C@H]1C(c2cc(=O)oc3ccccc23)=NN(C)[C@@H]1OC(C)=O. The van der Waals surface area contributed by atoms with Crippen LogP contribution in [0.25, 0.3) is 11.0 Å². The lowest BCUT2D eigenvalue weighted by Gasteiger charge is -2.23. The molecule has 1 aromatic carbocycles. The molecule has 1 aliphatic heterocycles. The average molecular weight is 344 g/mol. The van der Waals surface area contributed by atoms with Gasteiger partial charge in [-0.05, 0) is 6.07 Å². The maximum atomic E-state index is 12.3. The van der Waals surface area contributed by atoms with Crippen molar-refractivity contribution in [1.29, 1.82) is 0 Å². The molecule has 0 bridgehead atoms. The third-order valence-corrected chi connectivity index (χ3v) is 3.88. The fourth-order valence-corrected chi connectivity index (χ4v) is 2.85. The lowest BCUT2D eigenvalue weighted by molar-refractivity contribution is -0.163. The predicted molar refractivity (Wildman–Crippen MR) is 87.8 cm³/mol. The number of nitrogens with zero attached hydrogens (tertiary/aromatic N) is 2. The van der Waals surface area contributed by atoms with Crippen LogP contribution in [0.1, 0.15) is 12.5 Å². The molecule has 0 saturated heterocycles. The van der Waals surface area contributed by atoms with E-state index in [9.17, 15) is 14.4 Å². The Morgan fingerprint density at radius 2 is 2.00 bits per heavy atom. The average Bonchev–Trinajstić information content (AvgIpc) is 2.89. The highest BCUT2D eigenvalue weighted by molar-refractivity contribution is 6.18. The van der Waals surface area contributed by atoms with Crippen LogP contribution in [0.3, 0.4) is 0 Å². The highest BCUT2D eigenvalue weighted by atomic mass is 16.6. The number of hydrazone groups is 1. The fourth-order valence-electron chi connectivity index (χ4n) is 2.85. The molecule has 0 spiro atoms. The molecule has 1 aromatic heterocycles. The van der Waals surface area contributed by atoms with Crippen molar-refractivity contribution in [2.75, 3.05) is 14.2 Å². The molecule has 0 fully saturated rings. The molecule has 25 heavy (non-hydrogen) atoms. The Labute approximate surface area is 142 Å². The number of fused-ring (bicyclic) bond motifs is 1. The highest BCUT2D eigenvalue weighted by Gasteiger charge is 2.45. The Morgan fingerprint density at radius 1 is 1.28 bits per heavy atom. The van der Waals surface area contributed by atoms with Crippen molar-refractivity contribution in [2.45, 2.75) is 13.2 Å². The zero-order valence-corrected chi connectivity index (χ0v) is 13.9. The number of carbonyl (C=O) groups is 2. The number of ether oxygens (including phenoxy) is 2. The minimum absolute atomic E-state index is 0.282. The van der Waals surface area contributed by atoms with Crippen LogP contribution in [0.2, 0.25) is 0 Å². The van der Waals surface area contributed by atoms with E-state index in [0.717, 1.165) is 0 Å². The van der Waals surface area contributed by atoms with E-state index in [2.05, 4.69) is 5.10 Å². The molecule has 2 aromatic rings. The molecule has 0 radical (unpaired) electrons. The van der Waals surface area contributed by atoms with Crippen molar-refractivity contribution in [3.8, 4) is 0 Å². The molecule has 8 nitrogen and oxygen atoms in total. The summed E-state index contributed by atoms with van der Waals surface area (Å²) in [6.07, 6.45) is -0.953. The Bertz CT molecular complexity index is 932. The van der Waals surface area contributed by atoms with Crippen LogP contribution in [-0.2, 0) is 19.1 Å². The Hall–Kier alpha value is -3.16. The Morgan fingerprint density at radius 3 is 2.68 bits per heavy atom. The Balaban J connectivity index is 2.18. The van der Waals surface area contributed by atoms with E-state index in [0.29, 0.717) is 16.5 Å². The van der Waals surface area contributed by atoms with E-state index >= 15 is 0 Å². The lowest BCUT2D eigenvalue weighted by Crippen LogP contribution is -2.40. The topological polar surface area (TPSA) is 98.4 Å². The monoisotopic (exact) mass is 344 g/mol. The molecule has 0 unspecified atom stereocenters. The zero-order valence-electron chi connectivity index (χ0n) is 13.9. The minimum atomic E-state index is -0.982. The van der Waals surface area contributed by atoms with Gasteiger partial charge in [-0.1, -0.05) is 18.2 Å². The van der Waals surface area contributed by atoms with Crippen molar-refractivity contribution in [1.82, 2.24) is 5.01 Å². The summed E-state index contributed by atoms with van der Waals surface area (Å²) in [5, 5.41) is 6.31. The number of methoxy groups -OCH3 is 1. The molecule has 8 heteroatoms. The summed E-state index contributed by atoms with van der Waals surface area (Å²) in [5.41, 5.74) is 0.516. The summed E-state index contributed by atoms with van der Waals surface area (Å²) >= 11 is 0. The predicted octanol–water partition coefficient (Wildman–Crippen LogP) is 1.12. The zero-order chi connectivity index (χ0) is 18.1. The van der Waals surface area contributed by atoms with E-state index in [1.165, 1.54) is 25.1 Å². The molecular weight excluding hydrogens is 328 g/mol. The van der Waals surface area contributed by atoms with Crippen molar-refractivity contribution in [3.05, 3.63) is 46.3 Å². The first-order valence-corrected chi connectivity index (χ1v) is 7.52. The summed E-state index contributed by atoms with van der Waals surface area (Å²) in [6, 6.07) is 8.18. The van der Waals surface area contributed by atoms with Crippen LogP contribution in [0.5, 0.6) is 0 Å². The van der Waals surface area contributed by atoms with Crippen LogP contribution in [0, 0.1) is 5.92 Å². The maximum Gasteiger partial charge on any atom is 0.336 e. The molecule has 0 N–H and O–H groups in total. The minimum Gasteiger partial charge on any atom is -0.468 e. The van der Waals surface area contributed by atoms with Crippen LogP contribution < -0.4 is 5.63 Å². The number of carbonyl (C=O) groups excluding carboxylic acids is 2. The maximum absolute atomic E-state index is 12.3. The third-order valence-electron chi connectivity index (χ3n) is 3.88. The van der Waals surface area contributed by atoms with E-state index in [1.807, 2.05) is 0 Å². The van der Waals surface area contributed by atoms with Gasteiger partial charge >= 0.3 is 17.6 Å². The van der Waals surface area contributed by atoms with Crippen molar-refractivity contribution in [3.63, 3.8) is 0 Å². The first-order chi connectivity index (χ1) is 11.9. The molecule has 0 aliphatic carbocycles. The number of hydrogen-bond donors (Lipinski definition) is 0. The molecule has 1 aliphatic rings. The third kappa shape index (κ3) is 2.98. The largest absolute Gasteiger partial charge is 0.468 e. The van der Waals surface area contributed by atoms with E-state index in [1.54, 1.807) is 31.3 Å². The van der Waals surface area contributed by atoms with Gasteiger partial charge in [0.15, 0.2) is 5.92 Å². The molecule has 2 atom stereocenters. The second kappa shape index (κ2) is 6.39. The van der Waals surface area contributed by atoms with Crippen molar-refractivity contribution >= 4 is 28.6 Å². The van der Waals surface area contributed by atoms with Gasteiger partial charge in [-0.3, -0.25) is 14.6 Å². The van der Waals surface area contributed by atoms with Gasteiger partial charge in [0.05, 0.1) is 12.8 Å². The van der Waals surface area contributed by atoms with Crippen LogP contribution in [0.4, 0.5) is 0 Å². The number of esters is 2. The standard InChI is InChI=1S/C17H16N2O6/c1-9(20)24-16-14(17(22)23-3)15(18-19(16)2)11-8-13(21)25-12-7-5-4-6-10(11)12/h4-8,14,16H,1-3H3/t14-,16+/m0/s1. The van der Waals surface area contributed by atoms with Gasteiger partial charge in [0.25, 0.3) is 0 Å². The van der Waals surface area contributed by atoms with Crippen molar-refractivity contribution in [2.24, 2.45) is 11.0 Å². The first-order valence-electron chi connectivity index (χ1n) is 7.52. The molecule has 0 amide bonds. The van der Waals surface area contributed by atoms with Crippen LogP contribution >= 0.6 is 0 Å². The van der Waals surface area contributed by atoms with Crippen LogP contribution in [-0.4, -0.2) is 43.0 Å². The van der Waals surface area contributed by atoms with E-state index < -0.39 is 29.7 Å². The Kier molecular flexibility index (Phi) is 4.26. The summed E-state index contributed by atoms with van der Waals surface area (Å²) in [5.74, 6) is -2.16. The summed E-state index contributed by atoms with van der Waals surface area (Å²) in [4.78, 5) is 35.6. The van der Waals surface area contributed by atoms with Gasteiger partial charge < -0.3 is 13.9 Å². The molecule has 0 saturated carbocycles. The van der Waals surface area contributed by atoms with Gasteiger partial charge in [0, 0.05) is 31.0 Å². The van der Waals surface area contributed by atoms with Gasteiger partial charge in [0.2, 0.25) is 6.23 Å². The molecule has 3 rings (SSSR count). The highest BCUT2D eigenvalue weighted by Crippen LogP contribution is 2.30. The number of benzene rings is 1. The number of hydrogen-bond acceptors (Lipinski definition) is 8. The summed E-state index contributed by atoms with van der Waals surface area (Å²) in [6.45, 7) is 1.24. The fraction of sp³-hybridized carbons (Fsp3) is 0.294. The second-order valence-corrected chi connectivity index (χ2v) is 5.54. The number of para-hydroxylation sites is 1. The summed E-state index contributed by atoms with van der Waals surface area (Å²) in [7, 11) is 2.81. The molecule has 2 heterocycles. The van der Waals surface area contributed by atoms with Gasteiger partial charge in [-0.2, -0.15) is 5.10 Å². The summed E-state index contributed by atoms with van der Waals surface area (Å²) < 4.78 is 15.2. The van der Waals surface area contributed by atoms with Crippen molar-refractivity contribution < 1.29 is 23.5 Å². The molecule has 130 valence electrons. The van der Waals surface area contributed by atoms with Gasteiger partial charge in [-0.25, -0.2) is 4.79 Å². The van der Waals surface area contributed by atoms with Gasteiger partial charge in [-0.15, -0.1) is 0 Å². The van der Waals surface area contributed by atoms with Crippen LogP contribution in [0.15, 0.2) is 44.6 Å². The first kappa shape index (κ1) is 16.7. The van der Waals surface area contributed by atoms with E-state index in [-0.39, 0.29) is 5.71 Å². The second-order valence-electron chi connectivity index (χ2n) is 5.54. The smallest absolute Gasteiger partial charge is 0.336 e.